The number of hydrogen-bond acceptors (Lipinski definition) is 5. The van der Waals surface area contributed by atoms with Gasteiger partial charge in [0.05, 0.1) is 17.0 Å². The minimum atomic E-state index is -0.131. The van der Waals surface area contributed by atoms with Crippen molar-refractivity contribution in [2.45, 2.75) is 112 Å². The van der Waals surface area contributed by atoms with E-state index in [0.717, 1.165) is 56.3 Å². The summed E-state index contributed by atoms with van der Waals surface area (Å²) in [4.78, 5) is 5.04. The first kappa shape index (κ1) is 37.5. The van der Waals surface area contributed by atoms with E-state index in [1.165, 1.54) is 50.2 Å². The fraction of sp³-hybridized carbons (Fsp3) is 0.373. The summed E-state index contributed by atoms with van der Waals surface area (Å²) in [6, 6.07) is 30.3. The van der Waals surface area contributed by atoms with E-state index in [9.17, 15) is 0 Å². The number of benzene rings is 5. The van der Waals surface area contributed by atoms with Crippen molar-refractivity contribution in [1.29, 1.82) is 0 Å². The lowest BCUT2D eigenvalue weighted by molar-refractivity contribution is 0.170. The molecule has 57 heavy (non-hydrogen) atoms. The van der Waals surface area contributed by atoms with Gasteiger partial charge in [0.1, 0.15) is 18.8 Å². The first-order chi connectivity index (χ1) is 26.8. The highest BCUT2D eigenvalue weighted by atomic mass is 16.6. The maximum Gasteiger partial charge on any atom is 0.297 e. The number of fused-ring (bicyclic) bond motifs is 7. The molecule has 6 aromatic rings. The van der Waals surface area contributed by atoms with E-state index < -0.39 is 0 Å². The molecule has 0 spiro atoms. The predicted molar refractivity (Wildman–Crippen MR) is 241 cm³/mol. The van der Waals surface area contributed by atoms with Gasteiger partial charge in [0.25, 0.3) is 6.71 Å². The molecule has 0 bridgehead atoms. The van der Waals surface area contributed by atoms with Gasteiger partial charge in [-0.25, -0.2) is 0 Å². The minimum Gasteiger partial charge on any atom is -0.486 e. The molecule has 9 rings (SSSR count). The van der Waals surface area contributed by atoms with E-state index in [0.29, 0.717) is 19.1 Å². The maximum atomic E-state index is 7.29. The summed E-state index contributed by atoms with van der Waals surface area (Å²) in [6.07, 6.45) is 0. The fourth-order valence-electron chi connectivity index (χ4n) is 9.24. The Labute approximate surface area is 340 Å². The molecule has 292 valence electrons. The Morgan fingerprint density at radius 2 is 1.21 bits per heavy atom. The molecular weight excluding hydrogens is 699 g/mol. The standard InChI is InChI=1S/C51H57BN2O3/c1-29(2)32-25-40-44-41(26-32)54(45-30(3)24-43-47(31(45)4)56-23-22-55-43)46-37-27-34(50(8,9)10)17-21-42(37)57-48(46)52(44)38-28-35(51(11,12)13)16-20-39(38)53(40)36-18-14-33(15-19-36)49(5,6)7/h14-21,24-29H,22-23H2,1-13H3. The second kappa shape index (κ2) is 12.7. The molecule has 0 atom stereocenters. The monoisotopic (exact) mass is 756 g/mol. The number of ether oxygens (including phenoxy) is 2. The largest absolute Gasteiger partial charge is 0.486 e. The van der Waals surface area contributed by atoms with Gasteiger partial charge < -0.3 is 23.7 Å². The van der Waals surface area contributed by atoms with Crippen LogP contribution < -0.4 is 35.9 Å². The van der Waals surface area contributed by atoms with E-state index >= 15 is 0 Å². The predicted octanol–water partition coefficient (Wildman–Crippen LogP) is 11.9. The normalized spacial score (nSPS) is 14.9. The Morgan fingerprint density at radius 1 is 0.614 bits per heavy atom. The van der Waals surface area contributed by atoms with Crippen LogP contribution in [0.3, 0.4) is 0 Å². The lowest BCUT2D eigenvalue weighted by Gasteiger charge is -2.44. The summed E-state index contributed by atoms with van der Waals surface area (Å²) in [5.41, 5.74) is 18.7. The van der Waals surface area contributed by atoms with Crippen molar-refractivity contribution in [3.63, 3.8) is 0 Å². The second-order valence-electron chi connectivity index (χ2n) is 20.0. The quantitative estimate of drug-likeness (QED) is 0.168. The van der Waals surface area contributed by atoms with Gasteiger partial charge in [-0.3, -0.25) is 0 Å². The number of furan rings is 1. The van der Waals surface area contributed by atoms with Crippen LogP contribution in [-0.4, -0.2) is 19.9 Å². The maximum absolute atomic E-state index is 7.29. The Kier molecular flexibility index (Phi) is 8.35. The third-order valence-electron chi connectivity index (χ3n) is 12.5. The first-order valence-corrected chi connectivity index (χ1v) is 20.8. The Balaban J connectivity index is 1.44. The zero-order valence-electron chi connectivity index (χ0n) is 36.2. The number of rotatable bonds is 3. The highest BCUT2D eigenvalue weighted by Crippen LogP contribution is 2.52. The first-order valence-electron chi connectivity index (χ1n) is 20.8. The summed E-state index contributed by atoms with van der Waals surface area (Å²) in [6.45, 7) is 30.6. The van der Waals surface area contributed by atoms with Gasteiger partial charge in [-0.05, 0) is 123 Å². The van der Waals surface area contributed by atoms with Crippen molar-refractivity contribution < 1.29 is 13.9 Å². The minimum absolute atomic E-state index is 0.0430. The summed E-state index contributed by atoms with van der Waals surface area (Å²) in [7, 11) is 0. The van der Waals surface area contributed by atoms with Gasteiger partial charge in [-0.2, -0.15) is 0 Å². The molecule has 4 heterocycles. The molecule has 1 aromatic heterocycles. The van der Waals surface area contributed by atoms with Gasteiger partial charge in [-0.1, -0.05) is 106 Å². The second-order valence-corrected chi connectivity index (χ2v) is 20.0. The van der Waals surface area contributed by atoms with Crippen LogP contribution in [0.5, 0.6) is 11.5 Å². The smallest absolute Gasteiger partial charge is 0.297 e. The molecule has 0 saturated heterocycles. The van der Waals surface area contributed by atoms with Gasteiger partial charge in [0.15, 0.2) is 11.5 Å². The van der Waals surface area contributed by atoms with Crippen LogP contribution in [0.1, 0.15) is 115 Å². The van der Waals surface area contributed by atoms with Gasteiger partial charge in [-0.15, -0.1) is 0 Å². The molecule has 6 heteroatoms. The van der Waals surface area contributed by atoms with Gasteiger partial charge in [0.2, 0.25) is 0 Å². The Morgan fingerprint density at radius 3 is 1.86 bits per heavy atom. The summed E-state index contributed by atoms with van der Waals surface area (Å²) < 4.78 is 19.9. The molecule has 0 unspecified atom stereocenters. The van der Waals surface area contributed by atoms with E-state index in [1.807, 2.05) is 0 Å². The zero-order valence-corrected chi connectivity index (χ0v) is 36.2. The number of aryl methyl sites for hydroxylation is 1. The van der Waals surface area contributed by atoms with Crippen molar-refractivity contribution >= 4 is 68.4 Å². The van der Waals surface area contributed by atoms with Crippen LogP contribution >= 0.6 is 0 Å². The molecule has 3 aliphatic heterocycles. The van der Waals surface area contributed by atoms with Crippen LogP contribution in [-0.2, 0) is 16.2 Å². The number of hydrogen-bond donors (Lipinski definition) is 0. The molecule has 3 aliphatic rings. The van der Waals surface area contributed by atoms with Crippen molar-refractivity contribution in [2.75, 3.05) is 23.0 Å². The SMILES string of the molecule is Cc1cc2c(c(C)c1N1c3cc(C(C)C)cc4c3B(c3cc(C(C)(C)C)ccc3N4c3ccc(C(C)(C)C)cc3)c3oc4ccc(C(C)(C)C)cc4c31)OCCO2. The molecular formula is C51H57BN2O3. The Bertz CT molecular complexity index is 2590. The van der Waals surface area contributed by atoms with E-state index in [4.69, 9.17) is 13.9 Å². The van der Waals surface area contributed by atoms with Crippen LogP contribution in [0.2, 0.25) is 0 Å². The third-order valence-corrected chi connectivity index (χ3v) is 12.5. The Hall–Kier alpha value is -5.10. The van der Waals surface area contributed by atoms with Gasteiger partial charge in [0, 0.05) is 33.7 Å². The van der Waals surface area contributed by atoms with E-state index in [2.05, 4.69) is 179 Å². The average Bonchev–Trinajstić information content (AvgIpc) is 3.53. The summed E-state index contributed by atoms with van der Waals surface area (Å²) >= 11 is 0. The lowest BCUT2D eigenvalue weighted by Crippen LogP contribution is -2.61. The van der Waals surface area contributed by atoms with Crippen LogP contribution in [0.15, 0.2) is 83.3 Å². The van der Waals surface area contributed by atoms with Crippen molar-refractivity contribution in [1.82, 2.24) is 0 Å². The molecule has 0 fully saturated rings. The zero-order chi connectivity index (χ0) is 40.5. The molecule has 0 saturated carbocycles. The fourth-order valence-corrected chi connectivity index (χ4v) is 9.24. The molecule has 0 aliphatic carbocycles. The van der Waals surface area contributed by atoms with E-state index in [1.54, 1.807) is 0 Å². The molecule has 0 radical (unpaired) electrons. The van der Waals surface area contributed by atoms with Crippen molar-refractivity contribution in [3.8, 4) is 11.5 Å². The summed E-state index contributed by atoms with van der Waals surface area (Å²) in [5, 5.41) is 1.13. The third kappa shape index (κ3) is 5.88. The summed E-state index contributed by atoms with van der Waals surface area (Å²) in [5.74, 6) is 1.93. The van der Waals surface area contributed by atoms with Crippen LogP contribution in [0, 0.1) is 13.8 Å². The van der Waals surface area contributed by atoms with E-state index in [-0.39, 0.29) is 23.0 Å². The van der Waals surface area contributed by atoms with Crippen LogP contribution in [0.25, 0.3) is 11.0 Å². The molecule has 5 nitrogen and oxygen atoms in total. The average molecular weight is 757 g/mol. The number of nitrogens with zero attached hydrogens (tertiary/aromatic N) is 2. The topological polar surface area (TPSA) is 38.1 Å². The van der Waals surface area contributed by atoms with Crippen molar-refractivity contribution in [2.24, 2.45) is 0 Å². The number of anilines is 6. The molecule has 0 N–H and O–H groups in total. The lowest BCUT2D eigenvalue weighted by atomic mass is 9.35. The highest BCUT2D eigenvalue weighted by Gasteiger charge is 2.48. The van der Waals surface area contributed by atoms with Crippen LogP contribution in [0.4, 0.5) is 34.1 Å². The highest BCUT2D eigenvalue weighted by molar-refractivity contribution is 7.00. The van der Waals surface area contributed by atoms with Crippen molar-refractivity contribution in [3.05, 3.63) is 112 Å². The van der Waals surface area contributed by atoms with Gasteiger partial charge >= 0.3 is 0 Å². The molecule has 0 amide bonds. The molecule has 5 aromatic carbocycles.